The van der Waals surface area contributed by atoms with Gasteiger partial charge in [-0.05, 0) is 49.2 Å². The summed E-state index contributed by atoms with van der Waals surface area (Å²) in [7, 11) is 0. The summed E-state index contributed by atoms with van der Waals surface area (Å²) in [6, 6.07) is 14.7. The number of benzene rings is 2. The Labute approximate surface area is 147 Å². The number of hydrogen-bond acceptors (Lipinski definition) is 3. The lowest BCUT2D eigenvalue weighted by Crippen LogP contribution is -2.46. The average Bonchev–Trinajstić information content (AvgIpc) is 3.48. The number of amides is 1. The van der Waals surface area contributed by atoms with Crippen LogP contribution in [0.5, 0.6) is 0 Å². The smallest absolute Gasteiger partial charge is 0.227 e. The summed E-state index contributed by atoms with van der Waals surface area (Å²) in [5, 5.41) is 3.08. The highest BCUT2D eigenvalue weighted by Gasteiger charge is 2.30. The molecule has 1 N–H and O–H groups in total. The van der Waals surface area contributed by atoms with Crippen LogP contribution >= 0.6 is 0 Å². The van der Waals surface area contributed by atoms with Crippen molar-refractivity contribution in [3.63, 3.8) is 0 Å². The number of piperazine rings is 1. The van der Waals surface area contributed by atoms with Crippen molar-refractivity contribution >= 4 is 23.0 Å². The molecule has 0 bridgehead atoms. The van der Waals surface area contributed by atoms with Crippen molar-refractivity contribution in [2.24, 2.45) is 5.92 Å². The maximum atomic E-state index is 13.1. The van der Waals surface area contributed by atoms with Gasteiger partial charge in [0.2, 0.25) is 5.91 Å². The maximum Gasteiger partial charge on any atom is 0.227 e. The zero-order valence-corrected chi connectivity index (χ0v) is 14.1. The number of carbonyl (C=O) groups excluding carboxylic acids is 1. The van der Waals surface area contributed by atoms with E-state index in [9.17, 15) is 9.18 Å². The lowest BCUT2D eigenvalue weighted by atomic mass is 10.2. The Morgan fingerprint density at radius 2 is 1.56 bits per heavy atom. The number of anilines is 3. The van der Waals surface area contributed by atoms with Crippen LogP contribution in [0.25, 0.3) is 0 Å². The molecule has 130 valence electrons. The van der Waals surface area contributed by atoms with Gasteiger partial charge >= 0.3 is 0 Å². The van der Waals surface area contributed by atoms with Crippen LogP contribution < -0.4 is 15.1 Å². The Morgan fingerprint density at radius 3 is 2.24 bits per heavy atom. The number of nitrogens with zero attached hydrogens (tertiary/aromatic N) is 2. The van der Waals surface area contributed by atoms with Crippen LogP contribution in [0.3, 0.4) is 0 Å². The molecular formula is C20H22FN3O. The van der Waals surface area contributed by atoms with Crippen LogP contribution in [0.2, 0.25) is 0 Å². The highest BCUT2D eigenvalue weighted by atomic mass is 19.1. The van der Waals surface area contributed by atoms with Gasteiger partial charge in [-0.1, -0.05) is 12.1 Å². The molecule has 0 atom stereocenters. The van der Waals surface area contributed by atoms with Crippen molar-refractivity contribution in [1.29, 1.82) is 0 Å². The zero-order chi connectivity index (χ0) is 17.2. The number of rotatable bonds is 4. The number of halogens is 1. The maximum absolute atomic E-state index is 13.1. The quantitative estimate of drug-likeness (QED) is 0.926. The highest BCUT2D eigenvalue weighted by molar-refractivity contribution is 5.97. The Morgan fingerprint density at radius 1 is 0.920 bits per heavy atom. The van der Waals surface area contributed by atoms with Crippen LogP contribution in [-0.2, 0) is 4.79 Å². The van der Waals surface area contributed by atoms with E-state index in [4.69, 9.17) is 0 Å². The molecule has 1 amide bonds. The van der Waals surface area contributed by atoms with Gasteiger partial charge in [0, 0.05) is 37.8 Å². The summed E-state index contributed by atoms with van der Waals surface area (Å²) >= 11 is 0. The molecule has 2 aromatic carbocycles. The van der Waals surface area contributed by atoms with E-state index in [0.717, 1.165) is 56.1 Å². The van der Waals surface area contributed by atoms with Gasteiger partial charge in [0.25, 0.3) is 0 Å². The SMILES string of the molecule is O=C(Nc1ccccc1N1CCN(c2ccc(F)cc2)CC1)C1CC1. The standard InChI is InChI=1S/C20H22FN3O/c21-16-7-9-17(10-8-16)23-11-13-24(14-12-23)19-4-2-1-3-18(19)22-20(25)15-5-6-15/h1-4,7-10,15H,5-6,11-14H2,(H,22,25). The summed E-state index contributed by atoms with van der Waals surface area (Å²) in [4.78, 5) is 16.7. The van der Waals surface area contributed by atoms with Crippen LogP contribution in [0.1, 0.15) is 12.8 Å². The topological polar surface area (TPSA) is 35.6 Å². The molecule has 1 heterocycles. The first-order chi connectivity index (χ1) is 12.2. The fraction of sp³-hybridized carbons (Fsp3) is 0.350. The van der Waals surface area contributed by atoms with Crippen molar-refractivity contribution < 1.29 is 9.18 Å². The first-order valence-electron chi connectivity index (χ1n) is 8.86. The first kappa shape index (κ1) is 15.9. The van der Waals surface area contributed by atoms with Gasteiger partial charge in [-0.25, -0.2) is 4.39 Å². The third-order valence-corrected chi connectivity index (χ3v) is 4.92. The second kappa shape index (κ2) is 6.75. The molecule has 1 aliphatic carbocycles. The minimum absolute atomic E-state index is 0.136. The van der Waals surface area contributed by atoms with E-state index in [0.29, 0.717) is 0 Å². The van der Waals surface area contributed by atoms with Gasteiger partial charge < -0.3 is 15.1 Å². The predicted octanol–water partition coefficient (Wildman–Crippen LogP) is 3.50. The monoisotopic (exact) mass is 339 g/mol. The number of nitrogens with one attached hydrogen (secondary N) is 1. The third kappa shape index (κ3) is 3.60. The Balaban J connectivity index is 1.43. The molecular weight excluding hydrogens is 317 g/mol. The van der Waals surface area contributed by atoms with Crippen molar-refractivity contribution in [3.05, 3.63) is 54.3 Å². The third-order valence-electron chi connectivity index (χ3n) is 4.92. The molecule has 0 unspecified atom stereocenters. The molecule has 2 aromatic rings. The van der Waals surface area contributed by atoms with Crippen molar-refractivity contribution in [2.45, 2.75) is 12.8 Å². The minimum atomic E-state index is -0.206. The fourth-order valence-corrected chi connectivity index (χ4v) is 3.29. The second-order valence-electron chi connectivity index (χ2n) is 6.73. The van der Waals surface area contributed by atoms with Crippen LogP contribution in [-0.4, -0.2) is 32.1 Å². The van der Waals surface area contributed by atoms with Crippen molar-refractivity contribution in [2.75, 3.05) is 41.3 Å². The number of carbonyl (C=O) groups is 1. The molecule has 5 heteroatoms. The van der Waals surface area contributed by atoms with Crippen LogP contribution in [0.15, 0.2) is 48.5 Å². The van der Waals surface area contributed by atoms with Gasteiger partial charge in [0.05, 0.1) is 11.4 Å². The lowest BCUT2D eigenvalue weighted by Gasteiger charge is -2.38. The van der Waals surface area contributed by atoms with E-state index in [1.54, 1.807) is 0 Å². The van der Waals surface area contributed by atoms with Gasteiger partial charge in [-0.2, -0.15) is 0 Å². The second-order valence-corrected chi connectivity index (χ2v) is 6.73. The van der Waals surface area contributed by atoms with E-state index in [-0.39, 0.29) is 17.6 Å². The summed E-state index contributed by atoms with van der Waals surface area (Å²) in [6.45, 7) is 3.48. The Kier molecular flexibility index (Phi) is 4.30. The molecule has 1 saturated heterocycles. The summed E-state index contributed by atoms with van der Waals surface area (Å²) in [6.07, 6.45) is 2.01. The molecule has 2 aliphatic rings. The minimum Gasteiger partial charge on any atom is -0.368 e. The lowest BCUT2D eigenvalue weighted by molar-refractivity contribution is -0.117. The summed E-state index contributed by atoms with van der Waals surface area (Å²) in [5.74, 6) is 0.128. The van der Waals surface area contributed by atoms with E-state index >= 15 is 0 Å². The van der Waals surface area contributed by atoms with Crippen molar-refractivity contribution in [3.8, 4) is 0 Å². The number of hydrogen-bond donors (Lipinski definition) is 1. The predicted molar refractivity (Wildman–Crippen MR) is 98.6 cm³/mol. The first-order valence-corrected chi connectivity index (χ1v) is 8.86. The van der Waals surface area contributed by atoms with Gasteiger partial charge in [-0.3, -0.25) is 4.79 Å². The molecule has 0 radical (unpaired) electrons. The summed E-state index contributed by atoms with van der Waals surface area (Å²) < 4.78 is 13.1. The van der Waals surface area contributed by atoms with Gasteiger partial charge in [0.1, 0.15) is 5.82 Å². The van der Waals surface area contributed by atoms with Crippen LogP contribution in [0.4, 0.5) is 21.5 Å². The van der Waals surface area contributed by atoms with E-state index < -0.39 is 0 Å². The largest absolute Gasteiger partial charge is 0.368 e. The normalized spacial score (nSPS) is 17.5. The highest BCUT2D eigenvalue weighted by Crippen LogP contribution is 2.33. The van der Waals surface area contributed by atoms with E-state index in [2.05, 4.69) is 21.2 Å². The van der Waals surface area contributed by atoms with Crippen molar-refractivity contribution in [1.82, 2.24) is 0 Å². The molecule has 0 aromatic heterocycles. The molecule has 2 fully saturated rings. The molecule has 1 aliphatic heterocycles. The fourth-order valence-electron chi connectivity index (χ4n) is 3.29. The van der Waals surface area contributed by atoms with E-state index in [1.165, 1.54) is 12.1 Å². The summed E-state index contributed by atoms with van der Waals surface area (Å²) in [5.41, 5.74) is 3.03. The van der Waals surface area contributed by atoms with E-state index in [1.807, 2.05) is 30.3 Å². The zero-order valence-electron chi connectivity index (χ0n) is 14.1. The van der Waals surface area contributed by atoms with Gasteiger partial charge in [-0.15, -0.1) is 0 Å². The molecule has 0 spiro atoms. The molecule has 4 nitrogen and oxygen atoms in total. The average molecular weight is 339 g/mol. The molecule has 4 rings (SSSR count). The molecule has 1 saturated carbocycles. The number of para-hydroxylation sites is 2. The molecule has 25 heavy (non-hydrogen) atoms. The Bertz CT molecular complexity index is 750. The van der Waals surface area contributed by atoms with Crippen LogP contribution in [0, 0.1) is 11.7 Å². The van der Waals surface area contributed by atoms with Gasteiger partial charge in [0.15, 0.2) is 0 Å². The Hall–Kier alpha value is -2.56.